The number of benzene rings is 1. The molecule has 0 aromatic heterocycles. The van der Waals surface area contributed by atoms with Crippen LogP contribution in [0.25, 0.3) is 0 Å². The van der Waals surface area contributed by atoms with Crippen LogP contribution >= 0.6 is 15.9 Å². The fourth-order valence-corrected chi connectivity index (χ4v) is 1.18. The van der Waals surface area contributed by atoms with E-state index in [0.29, 0.717) is 4.47 Å². The Balaban J connectivity index is 3.08. The Kier molecular flexibility index (Phi) is 3.00. The Morgan fingerprint density at radius 1 is 1.62 bits per heavy atom. The summed E-state index contributed by atoms with van der Waals surface area (Å²) >= 11 is 3.00. The zero-order valence-electron chi connectivity index (χ0n) is 6.33. The molecule has 1 N–H and O–H groups in total. The average molecular weight is 248 g/mol. The number of carbonyl (C=O) groups is 1. The number of aliphatic hydroxyl groups excluding tert-OH is 1. The molecule has 0 aliphatic heterocycles. The minimum atomic E-state index is -1.92. The lowest BCUT2D eigenvalue weighted by Crippen LogP contribution is -2.30. The molecule has 5 heteroatoms. The normalized spacial score (nSPS) is 12.5. The van der Waals surface area contributed by atoms with Crippen molar-refractivity contribution in [3.63, 3.8) is 0 Å². The van der Waals surface area contributed by atoms with Gasteiger partial charge in [0.25, 0.3) is 0 Å². The fourth-order valence-electron chi connectivity index (χ4n) is 0.850. The van der Waals surface area contributed by atoms with Crippen LogP contribution in [0.5, 0.6) is 0 Å². The van der Waals surface area contributed by atoms with Crippen molar-refractivity contribution in [1.29, 1.82) is 0 Å². The number of aliphatic carboxylic acids is 1. The monoisotopic (exact) mass is 247 g/mol. The van der Waals surface area contributed by atoms with E-state index in [9.17, 15) is 14.3 Å². The van der Waals surface area contributed by atoms with Gasteiger partial charge in [0.1, 0.15) is 11.9 Å². The number of hydrogen-bond donors (Lipinski definition) is 1. The number of aliphatic hydroxyl groups is 1. The highest BCUT2D eigenvalue weighted by Gasteiger charge is 2.13. The maximum absolute atomic E-state index is 13.0. The van der Waals surface area contributed by atoms with Gasteiger partial charge in [0.05, 0.1) is 5.97 Å². The molecule has 1 rings (SSSR count). The van der Waals surface area contributed by atoms with E-state index in [2.05, 4.69) is 15.9 Å². The lowest BCUT2D eigenvalue weighted by Gasteiger charge is -2.12. The third-order valence-electron chi connectivity index (χ3n) is 1.48. The van der Waals surface area contributed by atoms with Crippen molar-refractivity contribution < 1.29 is 19.4 Å². The van der Waals surface area contributed by atoms with E-state index >= 15 is 0 Å². The highest BCUT2D eigenvalue weighted by molar-refractivity contribution is 9.10. The van der Waals surface area contributed by atoms with Gasteiger partial charge in [0, 0.05) is 10.0 Å². The molecule has 70 valence electrons. The summed E-state index contributed by atoms with van der Waals surface area (Å²) in [6, 6.07) is 3.69. The van der Waals surface area contributed by atoms with Crippen molar-refractivity contribution in [2.24, 2.45) is 0 Å². The quantitative estimate of drug-likeness (QED) is 0.822. The number of carboxylic acid groups (broad SMARTS) is 1. The summed E-state index contributed by atoms with van der Waals surface area (Å²) in [5, 5.41) is 19.1. The zero-order chi connectivity index (χ0) is 10.0. The molecule has 1 atom stereocenters. The van der Waals surface area contributed by atoms with Crippen molar-refractivity contribution in [3.05, 3.63) is 34.1 Å². The minimum absolute atomic E-state index is 0.303. The number of hydrogen-bond acceptors (Lipinski definition) is 3. The fraction of sp³-hybridized carbons (Fsp3) is 0.125. The zero-order valence-corrected chi connectivity index (χ0v) is 7.92. The van der Waals surface area contributed by atoms with Gasteiger partial charge in [-0.2, -0.15) is 0 Å². The summed E-state index contributed by atoms with van der Waals surface area (Å²) in [6.07, 6.45) is -1.92. The molecular weight excluding hydrogens is 243 g/mol. The van der Waals surface area contributed by atoms with E-state index in [4.69, 9.17) is 5.11 Å². The maximum atomic E-state index is 13.0. The lowest BCUT2D eigenvalue weighted by molar-refractivity contribution is -0.315. The van der Waals surface area contributed by atoms with Crippen LogP contribution in [0, 0.1) is 5.82 Å². The molecule has 0 aliphatic carbocycles. The van der Waals surface area contributed by atoms with Gasteiger partial charge in [-0.1, -0.05) is 22.0 Å². The molecule has 13 heavy (non-hydrogen) atoms. The SMILES string of the molecule is O=C([O-])[C@H](O)c1ccc(Br)cc1F. The molecule has 0 saturated heterocycles. The van der Waals surface area contributed by atoms with Gasteiger partial charge < -0.3 is 15.0 Å². The van der Waals surface area contributed by atoms with Crippen LogP contribution < -0.4 is 5.11 Å². The first-order valence-electron chi connectivity index (χ1n) is 3.36. The molecule has 1 aromatic rings. The van der Waals surface area contributed by atoms with Gasteiger partial charge in [-0.05, 0) is 12.1 Å². The third kappa shape index (κ3) is 2.26. The van der Waals surface area contributed by atoms with Gasteiger partial charge in [-0.3, -0.25) is 0 Å². The van der Waals surface area contributed by atoms with Crippen LogP contribution in [0.1, 0.15) is 11.7 Å². The summed E-state index contributed by atoms with van der Waals surface area (Å²) in [4.78, 5) is 10.2. The van der Waals surface area contributed by atoms with E-state index in [-0.39, 0.29) is 5.56 Å². The molecule has 0 heterocycles. The van der Waals surface area contributed by atoms with Gasteiger partial charge in [0.15, 0.2) is 0 Å². The van der Waals surface area contributed by atoms with E-state index in [0.717, 1.165) is 6.07 Å². The van der Waals surface area contributed by atoms with Crippen LogP contribution in [0.2, 0.25) is 0 Å². The highest BCUT2D eigenvalue weighted by atomic mass is 79.9. The Bertz CT molecular complexity index is 340. The maximum Gasteiger partial charge on any atom is 0.130 e. The second-order valence-corrected chi connectivity index (χ2v) is 3.30. The third-order valence-corrected chi connectivity index (χ3v) is 1.97. The second-order valence-electron chi connectivity index (χ2n) is 2.39. The Hall–Kier alpha value is -0.940. The molecule has 0 aliphatic rings. The first-order chi connectivity index (χ1) is 6.02. The van der Waals surface area contributed by atoms with Crippen LogP contribution in [0.15, 0.2) is 22.7 Å². The number of carboxylic acids is 1. The average Bonchev–Trinajstić information content (AvgIpc) is 2.03. The number of carbonyl (C=O) groups excluding carboxylic acids is 1. The summed E-state index contributed by atoms with van der Waals surface area (Å²) < 4.78 is 13.5. The summed E-state index contributed by atoms with van der Waals surface area (Å²) in [5.74, 6) is -2.51. The van der Waals surface area contributed by atoms with Crippen LogP contribution in [0.3, 0.4) is 0 Å². The number of halogens is 2. The molecule has 3 nitrogen and oxygen atoms in total. The minimum Gasteiger partial charge on any atom is -0.547 e. The molecule has 0 bridgehead atoms. The molecular formula is C8H5BrFO3-. The molecule has 0 amide bonds. The van der Waals surface area contributed by atoms with Crippen LogP contribution in [-0.2, 0) is 4.79 Å². The van der Waals surface area contributed by atoms with Crippen molar-refractivity contribution >= 4 is 21.9 Å². The van der Waals surface area contributed by atoms with Gasteiger partial charge in [-0.15, -0.1) is 0 Å². The molecule has 0 radical (unpaired) electrons. The predicted molar refractivity (Wildman–Crippen MR) is 44.1 cm³/mol. The second kappa shape index (κ2) is 3.85. The topological polar surface area (TPSA) is 60.4 Å². The Morgan fingerprint density at radius 3 is 2.69 bits per heavy atom. The van der Waals surface area contributed by atoms with Gasteiger partial charge in [0.2, 0.25) is 0 Å². The van der Waals surface area contributed by atoms with Gasteiger partial charge >= 0.3 is 0 Å². The van der Waals surface area contributed by atoms with Crippen molar-refractivity contribution in [2.75, 3.05) is 0 Å². The first kappa shape index (κ1) is 10.1. The molecule has 0 fully saturated rings. The van der Waals surface area contributed by atoms with E-state index < -0.39 is 17.9 Å². The van der Waals surface area contributed by atoms with Gasteiger partial charge in [-0.25, -0.2) is 4.39 Å². The molecule has 0 unspecified atom stereocenters. The van der Waals surface area contributed by atoms with Crippen LogP contribution in [0.4, 0.5) is 4.39 Å². The van der Waals surface area contributed by atoms with Crippen molar-refractivity contribution in [1.82, 2.24) is 0 Å². The molecule has 1 aromatic carbocycles. The van der Waals surface area contributed by atoms with E-state index in [1.807, 2.05) is 0 Å². The Morgan fingerprint density at radius 2 is 2.23 bits per heavy atom. The Labute approximate surface area is 81.9 Å². The first-order valence-corrected chi connectivity index (χ1v) is 4.15. The van der Waals surface area contributed by atoms with E-state index in [1.165, 1.54) is 12.1 Å². The lowest BCUT2D eigenvalue weighted by atomic mass is 10.1. The van der Waals surface area contributed by atoms with E-state index in [1.54, 1.807) is 0 Å². The smallest absolute Gasteiger partial charge is 0.130 e. The summed E-state index contributed by atoms with van der Waals surface area (Å²) in [6.45, 7) is 0. The highest BCUT2D eigenvalue weighted by Crippen LogP contribution is 2.20. The van der Waals surface area contributed by atoms with Crippen molar-refractivity contribution in [2.45, 2.75) is 6.10 Å². The molecule has 0 spiro atoms. The van der Waals surface area contributed by atoms with Crippen LogP contribution in [-0.4, -0.2) is 11.1 Å². The predicted octanol–water partition coefficient (Wildman–Crippen LogP) is 0.371. The van der Waals surface area contributed by atoms with Crippen molar-refractivity contribution in [3.8, 4) is 0 Å². The summed E-state index contributed by atoms with van der Waals surface area (Å²) in [7, 11) is 0. The standard InChI is InChI=1S/C8H6BrFO3/c9-4-1-2-5(6(10)3-4)7(11)8(12)13/h1-3,7,11H,(H,12,13)/p-1/t7-/m1/s1. The summed E-state index contributed by atoms with van der Waals surface area (Å²) in [5.41, 5.74) is -0.303. The largest absolute Gasteiger partial charge is 0.547 e. The molecule has 0 saturated carbocycles. The number of rotatable bonds is 2.